The maximum Gasteiger partial charge on any atom is 0.191 e. The largest absolute Gasteiger partial charge is 0.497 e. The molecular weight excluding hydrogens is 324 g/mol. The second-order valence-corrected chi connectivity index (χ2v) is 6.37. The summed E-state index contributed by atoms with van der Waals surface area (Å²) in [5.41, 5.74) is 1.33. The highest BCUT2D eigenvalue weighted by Gasteiger charge is 2.57. The van der Waals surface area contributed by atoms with Crippen LogP contribution in [0.4, 0.5) is 0 Å². The molecule has 0 saturated carbocycles. The number of epoxide rings is 1. The van der Waals surface area contributed by atoms with Crippen LogP contribution in [0.1, 0.15) is 34.9 Å². The Morgan fingerprint density at radius 2 is 1.92 bits per heavy atom. The maximum absolute atomic E-state index is 12.5. The molecule has 2 aliphatic rings. The van der Waals surface area contributed by atoms with E-state index in [0.29, 0.717) is 23.5 Å². The molecule has 6 nitrogen and oxygen atoms in total. The highest BCUT2D eigenvalue weighted by Crippen LogP contribution is 2.50. The van der Waals surface area contributed by atoms with Gasteiger partial charge in [0, 0.05) is 19.6 Å². The Kier molecular flexibility index (Phi) is 4.11. The first kappa shape index (κ1) is 16.3. The van der Waals surface area contributed by atoms with Crippen molar-refractivity contribution in [3.63, 3.8) is 0 Å². The van der Waals surface area contributed by atoms with E-state index in [-0.39, 0.29) is 17.6 Å². The molecule has 1 N–H and O–H groups in total. The van der Waals surface area contributed by atoms with E-state index in [0.717, 1.165) is 17.7 Å². The van der Waals surface area contributed by atoms with Gasteiger partial charge in [-0.25, -0.2) is 0 Å². The topological polar surface area (TPSA) is 81.4 Å². The average molecular weight is 344 g/mol. The predicted molar refractivity (Wildman–Crippen MR) is 88.8 cm³/mol. The SMILES string of the molecule is COc1ccc(CCc2cc(=O)c3c(o2)[C@H]2O[C@H]2[C@@H](O)[C@H]3OC)cc1. The molecule has 4 rings (SSSR count). The van der Waals surface area contributed by atoms with E-state index in [1.807, 2.05) is 24.3 Å². The minimum atomic E-state index is -0.837. The molecule has 1 aromatic carbocycles. The molecule has 132 valence electrons. The first-order valence-electron chi connectivity index (χ1n) is 8.28. The molecule has 1 aromatic heterocycles. The van der Waals surface area contributed by atoms with E-state index < -0.39 is 12.2 Å². The molecule has 4 atom stereocenters. The van der Waals surface area contributed by atoms with Crippen molar-refractivity contribution in [2.24, 2.45) is 0 Å². The van der Waals surface area contributed by atoms with Crippen molar-refractivity contribution in [1.29, 1.82) is 0 Å². The molecule has 1 saturated heterocycles. The average Bonchev–Trinajstić information content (AvgIpc) is 3.43. The minimum Gasteiger partial charge on any atom is -0.497 e. The van der Waals surface area contributed by atoms with Crippen LogP contribution in [0.3, 0.4) is 0 Å². The lowest BCUT2D eigenvalue weighted by atomic mass is 9.91. The molecular formula is C19H20O6. The van der Waals surface area contributed by atoms with Gasteiger partial charge in [0.15, 0.2) is 5.43 Å². The Morgan fingerprint density at radius 1 is 1.16 bits per heavy atom. The Labute approximate surface area is 144 Å². The van der Waals surface area contributed by atoms with Gasteiger partial charge in [-0.3, -0.25) is 4.79 Å². The van der Waals surface area contributed by atoms with Crippen LogP contribution in [0.5, 0.6) is 5.75 Å². The third-order valence-corrected chi connectivity index (χ3v) is 4.85. The Bertz CT molecular complexity index is 825. The fraction of sp³-hybridized carbons (Fsp3) is 0.421. The van der Waals surface area contributed by atoms with Crippen LogP contribution in [0.2, 0.25) is 0 Å². The smallest absolute Gasteiger partial charge is 0.191 e. The Morgan fingerprint density at radius 3 is 2.60 bits per heavy atom. The van der Waals surface area contributed by atoms with Crippen molar-refractivity contribution >= 4 is 0 Å². The predicted octanol–water partition coefficient (Wildman–Crippen LogP) is 1.94. The van der Waals surface area contributed by atoms with E-state index in [2.05, 4.69) is 0 Å². The Balaban J connectivity index is 1.57. The van der Waals surface area contributed by atoms with E-state index in [9.17, 15) is 9.90 Å². The standard InChI is InChI=1S/C19H20O6/c1-22-11-6-3-10(4-7-11)5-8-12-9-13(20)14-16(23-2)15(21)18-19(25-18)17(14)24-12/h3-4,6-7,9,15-16,18-19,21H,5,8H2,1-2H3/t15-,16-,18-,19+/m0/s1. The van der Waals surface area contributed by atoms with E-state index >= 15 is 0 Å². The van der Waals surface area contributed by atoms with Crippen LogP contribution in [0.15, 0.2) is 39.5 Å². The molecule has 25 heavy (non-hydrogen) atoms. The lowest BCUT2D eigenvalue weighted by molar-refractivity contribution is -0.0302. The first-order valence-corrected chi connectivity index (χ1v) is 8.28. The van der Waals surface area contributed by atoms with Crippen molar-refractivity contribution in [2.75, 3.05) is 14.2 Å². The van der Waals surface area contributed by atoms with E-state index in [1.54, 1.807) is 7.11 Å². The van der Waals surface area contributed by atoms with Gasteiger partial charge < -0.3 is 23.7 Å². The molecule has 2 aromatic rings. The number of hydrogen-bond donors (Lipinski definition) is 1. The van der Waals surface area contributed by atoms with Gasteiger partial charge in [-0.05, 0) is 24.1 Å². The third kappa shape index (κ3) is 2.86. The van der Waals surface area contributed by atoms with Gasteiger partial charge in [-0.2, -0.15) is 0 Å². The highest BCUT2D eigenvalue weighted by atomic mass is 16.6. The molecule has 2 heterocycles. The fourth-order valence-electron chi connectivity index (χ4n) is 3.44. The number of aliphatic hydroxyl groups is 1. The molecule has 0 unspecified atom stereocenters. The second-order valence-electron chi connectivity index (χ2n) is 6.37. The van der Waals surface area contributed by atoms with Gasteiger partial charge in [0.25, 0.3) is 0 Å². The number of ether oxygens (including phenoxy) is 3. The second kappa shape index (κ2) is 6.29. The van der Waals surface area contributed by atoms with Crippen molar-refractivity contribution < 1.29 is 23.7 Å². The molecule has 0 radical (unpaired) electrons. The zero-order valence-electron chi connectivity index (χ0n) is 14.1. The van der Waals surface area contributed by atoms with Crippen molar-refractivity contribution in [1.82, 2.24) is 0 Å². The van der Waals surface area contributed by atoms with Crippen LogP contribution in [0.25, 0.3) is 0 Å². The number of hydrogen-bond acceptors (Lipinski definition) is 6. The molecule has 0 spiro atoms. The zero-order chi connectivity index (χ0) is 17.6. The van der Waals surface area contributed by atoms with Crippen LogP contribution in [-0.4, -0.2) is 31.5 Å². The van der Waals surface area contributed by atoms with Crippen LogP contribution in [0, 0.1) is 0 Å². The van der Waals surface area contributed by atoms with Crippen LogP contribution >= 0.6 is 0 Å². The number of fused-ring (bicyclic) bond motifs is 3. The monoisotopic (exact) mass is 344 g/mol. The molecule has 1 aliphatic carbocycles. The lowest BCUT2D eigenvalue weighted by Crippen LogP contribution is -2.34. The summed E-state index contributed by atoms with van der Waals surface area (Å²) in [4.78, 5) is 12.5. The minimum absolute atomic E-state index is 0.175. The third-order valence-electron chi connectivity index (χ3n) is 4.85. The summed E-state index contributed by atoms with van der Waals surface area (Å²) in [5.74, 6) is 1.92. The fourth-order valence-corrected chi connectivity index (χ4v) is 3.44. The lowest BCUT2D eigenvalue weighted by Gasteiger charge is -2.24. The van der Waals surface area contributed by atoms with Gasteiger partial charge in [0.05, 0.1) is 12.7 Å². The normalized spacial score (nSPS) is 26.7. The summed E-state index contributed by atoms with van der Waals surface area (Å²) in [6.45, 7) is 0. The van der Waals surface area contributed by atoms with Gasteiger partial charge >= 0.3 is 0 Å². The molecule has 1 fully saturated rings. The number of aliphatic hydroxyl groups excluding tert-OH is 1. The highest BCUT2D eigenvalue weighted by molar-refractivity contribution is 5.33. The van der Waals surface area contributed by atoms with Crippen molar-refractivity contribution in [3.8, 4) is 5.75 Å². The summed E-state index contributed by atoms with van der Waals surface area (Å²) < 4.78 is 21.9. The van der Waals surface area contributed by atoms with E-state index in [4.69, 9.17) is 18.6 Å². The number of aryl methyl sites for hydroxylation is 2. The molecule has 6 heteroatoms. The van der Waals surface area contributed by atoms with Gasteiger partial charge in [-0.1, -0.05) is 12.1 Å². The summed E-state index contributed by atoms with van der Waals surface area (Å²) >= 11 is 0. The number of methoxy groups -OCH3 is 2. The molecule has 0 bridgehead atoms. The maximum atomic E-state index is 12.5. The summed E-state index contributed by atoms with van der Waals surface area (Å²) in [6.07, 6.45) is -0.882. The van der Waals surface area contributed by atoms with Gasteiger partial charge in [0.2, 0.25) is 0 Å². The number of rotatable bonds is 5. The zero-order valence-corrected chi connectivity index (χ0v) is 14.1. The van der Waals surface area contributed by atoms with Crippen molar-refractivity contribution in [2.45, 2.75) is 37.3 Å². The Hall–Kier alpha value is -2.15. The van der Waals surface area contributed by atoms with Gasteiger partial charge in [-0.15, -0.1) is 0 Å². The molecule has 0 amide bonds. The van der Waals surface area contributed by atoms with Crippen molar-refractivity contribution in [3.05, 3.63) is 63.2 Å². The van der Waals surface area contributed by atoms with Gasteiger partial charge in [0.1, 0.15) is 41.7 Å². The van der Waals surface area contributed by atoms with E-state index in [1.165, 1.54) is 13.2 Å². The quantitative estimate of drug-likeness (QED) is 0.835. The first-order chi connectivity index (χ1) is 12.1. The summed E-state index contributed by atoms with van der Waals surface area (Å²) in [6, 6.07) is 9.29. The van der Waals surface area contributed by atoms with Crippen LogP contribution in [-0.2, 0) is 22.3 Å². The number of benzene rings is 1. The summed E-state index contributed by atoms with van der Waals surface area (Å²) in [7, 11) is 3.10. The molecule has 1 aliphatic heterocycles. The van der Waals surface area contributed by atoms with Crippen LogP contribution < -0.4 is 10.2 Å². The summed E-state index contributed by atoms with van der Waals surface area (Å²) in [5, 5.41) is 10.2.